The maximum Gasteiger partial charge on any atom is 0.332 e. The Labute approximate surface area is 156 Å². The van der Waals surface area contributed by atoms with Crippen LogP contribution in [0.15, 0.2) is 6.07 Å². The number of hydrogen-bond acceptors (Lipinski definition) is 4. The summed E-state index contributed by atoms with van der Waals surface area (Å²) in [5.41, 5.74) is 5.85. The van der Waals surface area contributed by atoms with Crippen LogP contribution in [0, 0.1) is 0 Å². The number of sulfonamides is 1. The summed E-state index contributed by atoms with van der Waals surface area (Å²) in [6.07, 6.45) is 7.09. The molecule has 0 saturated carbocycles. The number of aryl methyl sites for hydroxylation is 2. The lowest BCUT2D eigenvalue weighted by Crippen LogP contribution is -2.42. The van der Waals surface area contributed by atoms with Gasteiger partial charge < -0.3 is 10.6 Å². The monoisotopic (exact) mass is 379 g/mol. The van der Waals surface area contributed by atoms with Crippen molar-refractivity contribution in [2.45, 2.75) is 64.8 Å². The normalized spacial score (nSPS) is 16.8. The number of nitrogens with one attached hydrogen (secondary N) is 3. The van der Waals surface area contributed by atoms with E-state index in [0.717, 1.165) is 57.2 Å². The fraction of sp³-hybridized carbons (Fsp3) is 0.632. The first-order chi connectivity index (χ1) is 12.4. The van der Waals surface area contributed by atoms with Gasteiger partial charge in [-0.05, 0) is 80.7 Å². The van der Waals surface area contributed by atoms with Crippen LogP contribution in [0.25, 0.3) is 0 Å². The molecular weight excluding hydrogens is 350 g/mol. The second-order valence-electron chi connectivity index (χ2n) is 7.43. The van der Waals surface area contributed by atoms with Gasteiger partial charge in [0.1, 0.15) is 0 Å². The van der Waals surface area contributed by atoms with Crippen LogP contribution in [0.2, 0.25) is 0 Å². The summed E-state index contributed by atoms with van der Waals surface area (Å²) in [6, 6.07) is 1.43. The lowest BCUT2D eigenvalue weighted by Gasteiger charge is -2.17. The Bertz CT molecular complexity index is 757. The molecule has 7 heteroatoms. The summed E-state index contributed by atoms with van der Waals surface area (Å²) in [4.78, 5) is 12.4. The van der Waals surface area contributed by atoms with Crippen LogP contribution >= 0.6 is 0 Å². The first-order valence-corrected chi connectivity index (χ1v) is 11.3. The lowest BCUT2D eigenvalue weighted by atomic mass is 9.99. The molecule has 0 fully saturated rings. The smallest absolute Gasteiger partial charge is 0.313 e. The summed E-state index contributed by atoms with van der Waals surface area (Å²) >= 11 is 0. The van der Waals surface area contributed by atoms with Crippen molar-refractivity contribution in [2.75, 3.05) is 17.6 Å². The molecule has 0 spiro atoms. The molecule has 6 nitrogen and oxygen atoms in total. The Morgan fingerprint density at radius 3 is 2.31 bits per heavy atom. The average Bonchev–Trinajstić information content (AvgIpc) is 3.20. The van der Waals surface area contributed by atoms with Crippen LogP contribution in [0.5, 0.6) is 0 Å². The van der Waals surface area contributed by atoms with Crippen molar-refractivity contribution < 1.29 is 13.2 Å². The zero-order valence-electron chi connectivity index (χ0n) is 15.7. The number of anilines is 1. The van der Waals surface area contributed by atoms with Crippen molar-refractivity contribution in [3.8, 4) is 0 Å². The third kappa shape index (κ3) is 4.38. The molecule has 1 unspecified atom stereocenters. The van der Waals surface area contributed by atoms with E-state index < -0.39 is 16.1 Å². The molecule has 1 aromatic rings. The van der Waals surface area contributed by atoms with Crippen LogP contribution in [0.1, 0.15) is 55.4 Å². The minimum absolute atomic E-state index is 0.120. The van der Waals surface area contributed by atoms with Gasteiger partial charge in [0, 0.05) is 11.7 Å². The zero-order chi connectivity index (χ0) is 18.7. The summed E-state index contributed by atoms with van der Waals surface area (Å²) in [6.45, 7) is 4.59. The van der Waals surface area contributed by atoms with Crippen molar-refractivity contribution in [1.82, 2.24) is 10.0 Å². The fourth-order valence-electron chi connectivity index (χ4n) is 4.07. The summed E-state index contributed by atoms with van der Waals surface area (Å²) in [5.74, 6) is -0.120. The van der Waals surface area contributed by atoms with Gasteiger partial charge in [0.25, 0.3) is 0 Å². The van der Waals surface area contributed by atoms with E-state index in [4.69, 9.17) is 0 Å². The number of benzene rings is 1. The molecule has 144 valence electrons. The molecule has 0 saturated heterocycles. The molecule has 0 radical (unpaired) electrons. The van der Waals surface area contributed by atoms with Gasteiger partial charge in [-0.1, -0.05) is 13.0 Å². The van der Waals surface area contributed by atoms with Crippen molar-refractivity contribution in [3.05, 3.63) is 28.3 Å². The van der Waals surface area contributed by atoms with Crippen molar-refractivity contribution in [3.63, 3.8) is 0 Å². The Balaban J connectivity index is 1.69. The SMILES string of the molecule is CCCNC(C)CS(=O)(=O)NC(=O)Nc1c2c(cc3c1CCC3)CCC2. The standard InChI is InChI=1S/C19H29N3O3S/c1-3-10-20-13(2)12-26(24,25)22-19(23)21-18-16-8-4-6-14(16)11-15-7-5-9-17(15)18/h11,13,20H,3-10,12H2,1-2H3,(H2,21,22,23). The maximum absolute atomic E-state index is 12.4. The van der Waals surface area contributed by atoms with E-state index in [9.17, 15) is 13.2 Å². The molecule has 26 heavy (non-hydrogen) atoms. The summed E-state index contributed by atoms with van der Waals surface area (Å²) in [7, 11) is -3.68. The highest BCUT2D eigenvalue weighted by molar-refractivity contribution is 7.90. The van der Waals surface area contributed by atoms with E-state index in [-0.39, 0.29) is 11.8 Å². The van der Waals surface area contributed by atoms with E-state index in [1.54, 1.807) is 0 Å². The van der Waals surface area contributed by atoms with Crippen LogP contribution in [-0.2, 0) is 35.7 Å². The van der Waals surface area contributed by atoms with Gasteiger partial charge in [0.15, 0.2) is 0 Å². The number of amides is 2. The molecule has 3 N–H and O–H groups in total. The molecule has 0 bridgehead atoms. The molecule has 2 aliphatic carbocycles. The van der Waals surface area contributed by atoms with Crippen LogP contribution in [0.3, 0.4) is 0 Å². The molecule has 1 aromatic carbocycles. The van der Waals surface area contributed by atoms with Gasteiger partial charge in [-0.2, -0.15) is 0 Å². The molecule has 0 heterocycles. The highest BCUT2D eigenvalue weighted by Crippen LogP contribution is 2.38. The van der Waals surface area contributed by atoms with Gasteiger partial charge in [0.2, 0.25) is 10.0 Å². The second-order valence-corrected chi connectivity index (χ2v) is 9.19. The van der Waals surface area contributed by atoms with E-state index in [2.05, 4.69) is 21.4 Å². The highest BCUT2D eigenvalue weighted by Gasteiger charge is 2.26. The Morgan fingerprint density at radius 2 is 1.73 bits per heavy atom. The molecule has 2 amide bonds. The number of carbonyl (C=O) groups excluding carboxylic acids is 1. The van der Waals surface area contributed by atoms with Crippen molar-refractivity contribution in [1.29, 1.82) is 0 Å². The quantitative estimate of drug-likeness (QED) is 0.679. The highest BCUT2D eigenvalue weighted by atomic mass is 32.2. The zero-order valence-corrected chi connectivity index (χ0v) is 16.5. The number of fused-ring (bicyclic) bond motifs is 2. The average molecular weight is 380 g/mol. The van der Waals surface area contributed by atoms with Gasteiger partial charge in [-0.15, -0.1) is 0 Å². The number of carbonyl (C=O) groups is 1. The van der Waals surface area contributed by atoms with Crippen LogP contribution in [-0.4, -0.2) is 32.8 Å². The lowest BCUT2D eigenvalue weighted by molar-refractivity contribution is 0.256. The third-order valence-corrected chi connectivity index (χ3v) is 6.61. The number of hydrogen-bond donors (Lipinski definition) is 3. The van der Waals surface area contributed by atoms with Gasteiger partial charge >= 0.3 is 6.03 Å². The minimum Gasteiger partial charge on any atom is -0.313 e. The van der Waals surface area contributed by atoms with E-state index in [1.807, 2.05) is 13.8 Å². The second kappa shape index (κ2) is 7.96. The van der Waals surface area contributed by atoms with Gasteiger partial charge in [-0.25, -0.2) is 17.9 Å². The maximum atomic E-state index is 12.4. The topological polar surface area (TPSA) is 87.3 Å². The van der Waals surface area contributed by atoms with Gasteiger partial charge in [-0.3, -0.25) is 0 Å². The minimum atomic E-state index is -3.68. The van der Waals surface area contributed by atoms with Crippen LogP contribution in [0.4, 0.5) is 10.5 Å². The Kier molecular flexibility index (Phi) is 5.87. The van der Waals surface area contributed by atoms with E-state index >= 15 is 0 Å². The molecular formula is C19H29N3O3S. The van der Waals surface area contributed by atoms with Gasteiger partial charge in [0.05, 0.1) is 5.75 Å². The first-order valence-electron chi connectivity index (χ1n) is 9.61. The molecule has 3 rings (SSSR count). The first kappa shape index (κ1) is 19.2. The van der Waals surface area contributed by atoms with E-state index in [0.29, 0.717) is 0 Å². The van der Waals surface area contributed by atoms with Crippen molar-refractivity contribution >= 4 is 21.7 Å². The summed E-state index contributed by atoms with van der Waals surface area (Å²) in [5, 5.41) is 5.99. The molecule has 1 atom stereocenters. The molecule has 0 aliphatic heterocycles. The Morgan fingerprint density at radius 1 is 1.12 bits per heavy atom. The predicted octanol–water partition coefficient (Wildman–Crippen LogP) is 2.50. The fourth-order valence-corrected chi connectivity index (χ4v) is 5.26. The van der Waals surface area contributed by atoms with Crippen LogP contribution < -0.4 is 15.4 Å². The number of urea groups is 1. The van der Waals surface area contributed by atoms with E-state index in [1.165, 1.54) is 22.3 Å². The Hall–Kier alpha value is -1.60. The summed E-state index contributed by atoms with van der Waals surface area (Å²) < 4.78 is 26.7. The molecule has 0 aromatic heterocycles. The predicted molar refractivity (Wildman–Crippen MR) is 104 cm³/mol. The molecule has 2 aliphatic rings. The largest absolute Gasteiger partial charge is 0.332 e. The third-order valence-electron chi connectivity index (χ3n) is 5.17. The number of rotatable bonds is 7. The van der Waals surface area contributed by atoms with Crippen molar-refractivity contribution in [2.24, 2.45) is 0 Å².